The van der Waals surface area contributed by atoms with Crippen molar-refractivity contribution >= 4 is 17.2 Å². The molecule has 1 heterocycles. The zero-order chi connectivity index (χ0) is 6.97. The Bertz CT molecular complexity index is 280. The molecule has 0 bridgehead atoms. The van der Waals surface area contributed by atoms with Gasteiger partial charge >= 0.3 is 0 Å². The monoisotopic (exact) mass is 150 g/mol. The van der Waals surface area contributed by atoms with Crippen LogP contribution >= 0.6 is 11.3 Å². The van der Waals surface area contributed by atoms with E-state index in [2.05, 4.69) is 9.83 Å². The molecular weight excluding hydrogens is 144 g/mol. The van der Waals surface area contributed by atoms with E-state index in [4.69, 9.17) is 6.57 Å². The van der Waals surface area contributed by atoms with Crippen molar-refractivity contribution in [1.82, 2.24) is 4.98 Å². The van der Waals surface area contributed by atoms with E-state index in [1.165, 1.54) is 12.8 Å². The molecule has 0 atom stereocenters. The molecule has 1 fully saturated rings. The fourth-order valence-electron chi connectivity index (χ4n) is 0.848. The minimum Gasteiger partial charge on any atom is -0.360 e. The fourth-order valence-corrected chi connectivity index (χ4v) is 1.75. The summed E-state index contributed by atoms with van der Waals surface area (Å²) in [5.41, 5.74) is 0. The van der Waals surface area contributed by atoms with E-state index in [9.17, 15) is 0 Å². The summed E-state index contributed by atoms with van der Waals surface area (Å²) in [7, 11) is 0. The van der Waals surface area contributed by atoms with E-state index >= 15 is 0 Å². The van der Waals surface area contributed by atoms with Crippen LogP contribution in [0.15, 0.2) is 5.38 Å². The second-order valence-electron chi connectivity index (χ2n) is 2.43. The predicted octanol–water partition coefficient (Wildman–Crippen LogP) is 2.57. The number of nitrogens with zero attached hydrogens (tertiary/aromatic N) is 2. The van der Waals surface area contributed by atoms with Gasteiger partial charge in [0.05, 0.1) is 0 Å². The van der Waals surface area contributed by atoms with Gasteiger partial charge in [-0.25, -0.2) is 0 Å². The van der Waals surface area contributed by atoms with Crippen LogP contribution in [0.3, 0.4) is 0 Å². The van der Waals surface area contributed by atoms with Crippen molar-refractivity contribution in [3.63, 3.8) is 0 Å². The van der Waals surface area contributed by atoms with Crippen LogP contribution in [0.4, 0.5) is 5.82 Å². The van der Waals surface area contributed by atoms with Gasteiger partial charge in [0.25, 0.3) is 5.82 Å². The molecule has 1 saturated carbocycles. The van der Waals surface area contributed by atoms with Crippen molar-refractivity contribution in [2.75, 3.05) is 0 Å². The third kappa shape index (κ3) is 0.910. The maximum atomic E-state index is 6.69. The Kier molecular flexibility index (Phi) is 1.21. The highest BCUT2D eigenvalue weighted by molar-refractivity contribution is 7.10. The average molecular weight is 150 g/mol. The van der Waals surface area contributed by atoms with E-state index in [1.807, 2.05) is 5.38 Å². The summed E-state index contributed by atoms with van der Waals surface area (Å²) in [5, 5.41) is 2.99. The van der Waals surface area contributed by atoms with Gasteiger partial charge in [-0.1, -0.05) is 6.57 Å². The zero-order valence-electron chi connectivity index (χ0n) is 5.37. The molecule has 3 heteroatoms. The topological polar surface area (TPSA) is 17.2 Å². The summed E-state index contributed by atoms with van der Waals surface area (Å²) in [4.78, 5) is 7.41. The molecule has 2 nitrogen and oxygen atoms in total. The van der Waals surface area contributed by atoms with Gasteiger partial charge in [-0.3, -0.25) is 0 Å². The van der Waals surface area contributed by atoms with Crippen LogP contribution in [0, 0.1) is 6.57 Å². The summed E-state index contributed by atoms with van der Waals surface area (Å²) in [6.45, 7) is 6.69. The van der Waals surface area contributed by atoms with E-state index < -0.39 is 0 Å². The molecule has 0 aliphatic heterocycles. The normalized spacial score (nSPS) is 16.7. The number of hydrogen-bond acceptors (Lipinski definition) is 2. The van der Waals surface area contributed by atoms with Gasteiger partial charge in [-0.2, -0.15) is 0 Å². The number of hydrogen-bond donors (Lipinski definition) is 0. The van der Waals surface area contributed by atoms with Crippen molar-refractivity contribution in [3.05, 3.63) is 21.8 Å². The third-order valence-electron chi connectivity index (χ3n) is 1.55. The van der Waals surface area contributed by atoms with Crippen LogP contribution in [0.1, 0.15) is 23.8 Å². The molecule has 1 aliphatic carbocycles. The van der Waals surface area contributed by atoms with E-state index in [-0.39, 0.29) is 0 Å². The molecule has 1 aromatic heterocycles. The summed E-state index contributed by atoms with van der Waals surface area (Å²) in [5.74, 6) is 1.26. The molecule has 0 spiro atoms. The second kappa shape index (κ2) is 2.06. The smallest absolute Gasteiger partial charge is 0.280 e. The summed E-state index contributed by atoms with van der Waals surface area (Å²) in [6.07, 6.45) is 2.54. The molecule has 0 N–H and O–H groups in total. The van der Waals surface area contributed by atoms with Gasteiger partial charge in [0.2, 0.25) is 0 Å². The van der Waals surface area contributed by atoms with Gasteiger partial charge < -0.3 is 4.85 Å². The molecule has 10 heavy (non-hydrogen) atoms. The standard InChI is InChI=1S/C7H6N2S/c1-8-6-4-10-7(9-6)5-2-3-5/h4-5H,2-3H2. The second-order valence-corrected chi connectivity index (χ2v) is 3.32. The van der Waals surface area contributed by atoms with E-state index in [0.717, 1.165) is 5.01 Å². The van der Waals surface area contributed by atoms with Gasteiger partial charge in [0, 0.05) is 11.3 Å². The molecule has 0 radical (unpaired) electrons. The van der Waals surface area contributed by atoms with Crippen molar-refractivity contribution in [3.8, 4) is 0 Å². The minimum atomic E-state index is 0.562. The summed E-state index contributed by atoms with van der Waals surface area (Å²) < 4.78 is 0. The highest BCUT2D eigenvalue weighted by atomic mass is 32.1. The number of aromatic nitrogens is 1. The molecular formula is C7H6N2S. The van der Waals surface area contributed by atoms with Crippen molar-refractivity contribution < 1.29 is 0 Å². The van der Waals surface area contributed by atoms with E-state index in [0.29, 0.717) is 11.7 Å². The molecule has 0 amide bonds. The fraction of sp³-hybridized carbons (Fsp3) is 0.429. The highest BCUT2D eigenvalue weighted by Crippen LogP contribution is 2.42. The van der Waals surface area contributed by atoms with Gasteiger partial charge in [0.1, 0.15) is 0 Å². The van der Waals surface area contributed by atoms with Crippen molar-refractivity contribution in [1.29, 1.82) is 0 Å². The number of thiazole rings is 1. The van der Waals surface area contributed by atoms with E-state index in [1.54, 1.807) is 11.3 Å². The molecule has 0 saturated heterocycles. The minimum absolute atomic E-state index is 0.562. The Morgan fingerprint density at radius 1 is 1.70 bits per heavy atom. The van der Waals surface area contributed by atoms with Crippen LogP contribution in [0.2, 0.25) is 0 Å². The van der Waals surface area contributed by atoms with Crippen LogP contribution in [-0.2, 0) is 0 Å². The predicted molar refractivity (Wildman–Crippen MR) is 40.4 cm³/mol. The molecule has 50 valence electrons. The van der Waals surface area contributed by atoms with Crippen LogP contribution in [0.25, 0.3) is 4.85 Å². The largest absolute Gasteiger partial charge is 0.360 e. The third-order valence-corrected chi connectivity index (χ3v) is 2.55. The molecule has 0 aromatic carbocycles. The Labute approximate surface area is 63.3 Å². The van der Waals surface area contributed by atoms with Gasteiger partial charge in [-0.15, -0.1) is 16.3 Å². The Balaban J connectivity index is 2.29. The number of rotatable bonds is 1. The lowest BCUT2D eigenvalue weighted by Gasteiger charge is -1.76. The van der Waals surface area contributed by atoms with Crippen LogP contribution in [0.5, 0.6) is 0 Å². The first-order valence-electron chi connectivity index (χ1n) is 3.23. The lowest BCUT2D eigenvalue weighted by Crippen LogP contribution is -1.71. The first kappa shape index (κ1) is 5.87. The SMILES string of the molecule is [C-]#[N+]c1csc(C2CC2)n1. The molecule has 1 aromatic rings. The summed E-state index contributed by atoms with van der Waals surface area (Å²) in [6, 6.07) is 0. The van der Waals surface area contributed by atoms with Crippen molar-refractivity contribution in [2.45, 2.75) is 18.8 Å². The van der Waals surface area contributed by atoms with Crippen LogP contribution in [-0.4, -0.2) is 4.98 Å². The molecule has 1 aliphatic rings. The first-order valence-corrected chi connectivity index (χ1v) is 4.11. The average Bonchev–Trinajstić information content (AvgIpc) is 2.70. The lowest BCUT2D eigenvalue weighted by atomic mass is 10.5. The van der Waals surface area contributed by atoms with Crippen LogP contribution < -0.4 is 0 Å². The quantitative estimate of drug-likeness (QED) is 0.562. The Morgan fingerprint density at radius 3 is 3.00 bits per heavy atom. The lowest BCUT2D eigenvalue weighted by molar-refractivity contribution is 1.09. The first-order chi connectivity index (χ1) is 4.90. The molecule has 2 rings (SSSR count). The van der Waals surface area contributed by atoms with Crippen molar-refractivity contribution in [2.24, 2.45) is 0 Å². The highest BCUT2D eigenvalue weighted by Gasteiger charge is 2.29. The van der Waals surface area contributed by atoms with Gasteiger partial charge in [0.15, 0.2) is 5.01 Å². The Morgan fingerprint density at radius 2 is 2.50 bits per heavy atom. The zero-order valence-corrected chi connectivity index (χ0v) is 6.19. The molecule has 0 unspecified atom stereocenters. The maximum Gasteiger partial charge on any atom is 0.280 e. The Hall–Kier alpha value is -0.880. The summed E-state index contributed by atoms with van der Waals surface area (Å²) >= 11 is 1.62. The van der Waals surface area contributed by atoms with Gasteiger partial charge in [-0.05, 0) is 12.8 Å². The maximum absolute atomic E-state index is 6.69.